The Morgan fingerprint density at radius 1 is 1.18 bits per heavy atom. The van der Waals surface area contributed by atoms with Gasteiger partial charge in [0.05, 0.1) is 44.6 Å². The van der Waals surface area contributed by atoms with Crippen LogP contribution in [0.1, 0.15) is 45.0 Å². The van der Waals surface area contributed by atoms with Gasteiger partial charge in [-0.25, -0.2) is 0 Å². The molecule has 0 spiro atoms. The molecule has 0 aliphatic carbocycles. The number of methoxy groups -OCH3 is 1. The summed E-state index contributed by atoms with van der Waals surface area (Å²) in [6.07, 6.45) is -1.30. The predicted molar refractivity (Wildman–Crippen MR) is 98.4 cm³/mol. The van der Waals surface area contributed by atoms with Gasteiger partial charge in [-0.3, -0.25) is 4.79 Å². The predicted octanol–water partition coefficient (Wildman–Crippen LogP) is 2.12. The molecular formula is C21H28O7. The molecular weight excluding hydrogens is 364 g/mol. The van der Waals surface area contributed by atoms with E-state index in [-0.39, 0.29) is 18.5 Å². The first kappa shape index (κ1) is 19.8. The number of benzene rings is 1. The molecule has 0 saturated carbocycles. The van der Waals surface area contributed by atoms with E-state index in [0.717, 1.165) is 5.56 Å². The van der Waals surface area contributed by atoms with Gasteiger partial charge in [0.25, 0.3) is 0 Å². The molecule has 7 nitrogen and oxygen atoms in total. The highest BCUT2D eigenvalue weighted by Gasteiger charge is 2.60. The van der Waals surface area contributed by atoms with Gasteiger partial charge in [0.2, 0.25) is 0 Å². The van der Waals surface area contributed by atoms with Gasteiger partial charge in [-0.05, 0) is 13.8 Å². The van der Waals surface area contributed by atoms with Gasteiger partial charge in [-0.2, -0.15) is 0 Å². The molecule has 1 aromatic carbocycles. The minimum atomic E-state index is -0.885. The molecule has 0 radical (unpaired) electrons. The number of hydrogen-bond acceptors (Lipinski definition) is 7. The van der Waals surface area contributed by atoms with Crippen molar-refractivity contribution in [1.29, 1.82) is 0 Å². The van der Waals surface area contributed by atoms with Crippen LogP contribution in [0.4, 0.5) is 0 Å². The van der Waals surface area contributed by atoms with Crippen molar-refractivity contribution in [1.82, 2.24) is 0 Å². The molecule has 3 heterocycles. The first-order valence-corrected chi connectivity index (χ1v) is 9.76. The standard InChI is InChI=1S/C21H28O7/c1-20-12-25-19(13-7-5-4-6-8-13)27-16(20)11-17-21(2,28-20)15(22)9-14(26-17)10-18(23)24-3/h4-8,14-17,19,22H,9-12H2,1-3H3/t14-,15+,16+,17-,19-,20-,21+/m1/s1. The van der Waals surface area contributed by atoms with Crippen LogP contribution in [0.5, 0.6) is 0 Å². The number of carbonyl (C=O) groups excluding carboxylic acids is 1. The second-order valence-electron chi connectivity index (χ2n) is 8.29. The largest absolute Gasteiger partial charge is 0.469 e. The minimum Gasteiger partial charge on any atom is -0.469 e. The summed E-state index contributed by atoms with van der Waals surface area (Å²) in [7, 11) is 1.35. The van der Waals surface area contributed by atoms with Crippen molar-refractivity contribution >= 4 is 5.97 Å². The van der Waals surface area contributed by atoms with Crippen LogP contribution in [-0.4, -0.2) is 60.4 Å². The summed E-state index contributed by atoms with van der Waals surface area (Å²) in [5.74, 6) is -0.353. The van der Waals surface area contributed by atoms with E-state index in [0.29, 0.717) is 19.4 Å². The lowest BCUT2D eigenvalue weighted by atomic mass is 9.76. The van der Waals surface area contributed by atoms with Gasteiger partial charge >= 0.3 is 5.97 Å². The zero-order chi connectivity index (χ0) is 19.9. The Balaban J connectivity index is 1.52. The Labute approximate surface area is 164 Å². The van der Waals surface area contributed by atoms with E-state index < -0.39 is 35.8 Å². The number of fused-ring (bicyclic) bond motifs is 2. The number of aliphatic hydroxyl groups is 1. The van der Waals surface area contributed by atoms with Crippen molar-refractivity contribution < 1.29 is 33.6 Å². The van der Waals surface area contributed by atoms with Crippen molar-refractivity contribution in [2.24, 2.45) is 0 Å². The van der Waals surface area contributed by atoms with Gasteiger partial charge in [0.1, 0.15) is 11.2 Å². The highest BCUT2D eigenvalue weighted by atomic mass is 16.7. The van der Waals surface area contributed by atoms with Crippen LogP contribution in [0.2, 0.25) is 0 Å². The molecule has 0 unspecified atom stereocenters. The molecule has 3 aliphatic heterocycles. The molecule has 0 amide bonds. The summed E-state index contributed by atoms with van der Waals surface area (Å²) in [5.41, 5.74) is -0.619. The highest BCUT2D eigenvalue weighted by molar-refractivity contribution is 5.69. The summed E-state index contributed by atoms with van der Waals surface area (Å²) in [6, 6.07) is 9.78. The summed E-state index contributed by atoms with van der Waals surface area (Å²) in [6.45, 7) is 4.17. The van der Waals surface area contributed by atoms with E-state index in [1.54, 1.807) is 0 Å². The number of hydrogen-bond donors (Lipinski definition) is 1. The topological polar surface area (TPSA) is 83.5 Å². The van der Waals surface area contributed by atoms with Gasteiger partial charge in [-0.1, -0.05) is 30.3 Å². The number of carbonyl (C=O) groups is 1. The van der Waals surface area contributed by atoms with Gasteiger partial charge in [0.15, 0.2) is 6.29 Å². The molecule has 0 bridgehead atoms. The summed E-state index contributed by atoms with van der Waals surface area (Å²) in [4.78, 5) is 11.6. The fourth-order valence-electron chi connectivity index (χ4n) is 4.49. The fourth-order valence-corrected chi connectivity index (χ4v) is 4.49. The normalized spacial score (nSPS) is 42.9. The smallest absolute Gasteiger partial charge is 0.308 e. The maximum atomic E-state index is 11.6. The summed E-state index contributed by atoms with van der Waals surface area (Å²) < 4.78 is 29.5. The van der Waals surface area contributed by atoms with Gasteiger partial charge in [-0.15, -0.1) is 0 Å². The second kappa shape index (κ2) is 7.39. The quantitative estimate of drug-likeness (QED) is 0.789. The van der Waals surface area contributed by atoms with E-state index in [4.69, 9.17) is 23.7 Å². The number of aliphatic hydroxyl groups excluding tert-OH is 1. The third kappa shape index (κ3) is 3.46. The molecule has 1 aromatic rings. The molecule has 7 heteroatoms. The molecule has 3 fully saturated rings. The van der Waals surface area contributed by atoms with Crippen LogP contribution in [0.25, 0.3) is 0 Å². The molecule has 154 valence electrons. The Hall–Kier alpha value is -1.51. The molecule has 3 aliphatic rings. The summed E-state index contributed by atoms with van der Waals surface area (Å²) >= 11 is 0. The van der Waals surface area contributed by atoms with Crippen LogP contribution in [0, 0.1) is 0 Å². The first-order chi connectivity index (χ1) is 13.3. The maximum Gasteiger partial charge on any atom is 0.308 e. The zero-order valence-electron chi connectivity index (χ0n) is 16.5. The van der Waals surface area contributed by atoms with E-state index in [9.17, 15) is 9.90 Å². The molecule has 3 saturated heterocycles. The van der Waals surface area contributed by atoms with Crippen molar-refractivity contribution in [3.05, 3.63) is 35.9 Å². The second-order valence-corrected chi connectivity index (χ2v) is 8.29. The maximum absolute atomic E-state index is 11.6. The van der Waals surface area contributed by atoms with Crippen molar-refractivity contribution in [2.45, 2.75) is 75.0 Å². The number of rotatable bonds is 3. The number of ether oxygens (including phenoxy) is 5. The van der Waals surface area contributed by atoms with Crippen LogP contribution >= 0.6 is 0 Å². The monoisotopic (exact) mass is 392 g/mol. The third-order valence-corrected chi connectivity index (χ3v) is 6.21. The average Bonchev–Trinajstić information content (AvgIpc) is 2.68. The van der Waals surface area contributed by atoms with E-state index in [1.807, 2.05) is 44.2 Å². The average molecular weight is 392 g/mol. The SMILES string of the molecule is COC(=O)C[C@H]1C[C@H](O)[C@]2(C)O[C@]3(C)CO[C@@H](c4ccccc4)O[C@H]3C[C@H]2O1. The van der Waals surface area contributed by atoms with Crippen LogP contribution in [0.3, 0.4) is 0 Å². The Morgan fingerprint density at radius 2 is 1.93 bits per heavy atom. The molecule has 0 aromatic heterocycles. The van der Waals surface area contributed by atoms with Crippen molar-refractivity contribution in [3.8, 4) is 0 Å². The lowest BCUT2D eigenvalue weighted by Crippen LogP contribution is -2.71. The van der Waals surface area contributed by atoms with E-state index in [2.05, 4.69) is 0 Å². The molecule has 28 heavy (non-hydrogen) atoms. The van der Waals surface area contributed by atoms with Crippen molar-refractivity contribution in [3.63, 3.8) is 0 Å². The summed E-state index contributed by atoms with van der Waals surface area (Å²) in [5, 5.41) is 10.8. The van der Waals surface area contributed by atoms with Crippen LogP contribution < -0.4 is 0 Å². The Morgan fingerprint density at radius 3 is 2.64 bits per heavy atom. The lowest BCUT2D eigenvalue weighted by molar-refractivity contribution is -0.383. The molecule has 4 rings (SSSR count). The van der Waals surface area contributed by atoms with Crippen LogP contribution in [0.15, 0.2) is 30.3 Å². The minimum absolute atomic E-state index is 0.110. The van der Waals surface area contributed by atoms with Crippen LogP contribution in [-0.2, 0) is 28.5 Å². The van der Waals surface area contributed by atoms with Crippen molar-refractivity contribution in [2.75, 3.05) is 13.7 Å². The molecule has 1 N–H and O–H groups in total. The first-order valence-electron chi connectivity index (χ1n) is 9.76. The highest BCUT2D eigenvalue weighted by Crippen LogP contribution is 2.48. The Bertz CT molecular complexity index is 710. The Kier molecular flexibility index (Phi) is 5.22. The lowest BCUT2D eigenvalue weighted by Gasteiger charge is -2.59. The molecule has 7 atom stereocenters. The fraction of sp³-hybridized carbons (Fsp3) is 0.667. The van der Waals surface area contributed by atoms with Gasteiger partial charge < -0.3 is 28.8 Å². The van der Waals surface area contributed by atoms with E-state index in [1.165, 1.54) is 7.11 Å². The van der Waals surface area contributed by atoms with E-state index >= 15 is 0 Å². The third-order valence-electron chi connectivity index (χ3n) is 6.21. The number of esters is 1. The zero-order valence-corrected chi connectivity index (χ0v) is 16.5. The van der Waals surface area contributed by atoms with Gasteiger partial charge in [0, 0.05) is 18.4 Å².